The van der Waals surface area contributed by atoms with Crippen molar-refractivity contribution in [3.8, 4) is 11.3 Å². The van der Waals surface area contributed by atoms with Crippen LogP contribution in [-0.4, -0.2) is 22.2 Å². The molecule has 1 unspecified atom stereocenters. The van der Waals surface area contributed by atoms with Crippen LogP contribution in [0.1, 0.15) is 19.4 Å². The molecular weight excluding hydrogens is 291 g/mol. The van der Waals surface area contributed by atoms with Crippen LogP contribution < -0.4 is 0 Å². The Hall–Kier alpha value is -1.70. The first-order valence-electron chi connectivity index (χ1n) is 7.45. The number of aromatic amines is 1. The third-order valence-corrected chi connectivity index (χ3v) is 4.51. The van der Waals surface area contributed by atoms with E-state index >= 15 is 0 Å². The zero-order chi connectivity index (χ0) is 15.6. The van der Waals surface area contributed by atoms with Crippen molar-refractivity contribution in [1.29, 1.82) is 0 Å². The van der Waals surface area contributed by atoms with Crippen LogP contribution in [0.3, 0.4) is 0 Å². The summed E-state index contributed by atoms with van der Waals surface area (Å²) in [6.07, 6.45) is 4.60. The molecule has 0 amide bonds. The molecule has 3 aromatic rings. The van der Waals surface area contributed by atoms with Gasteiger partial charge in [0.2, 0.25) is 0 Å². The standard InChI is InChI=1S/C18H21N2OP/c1-18(2,21-22-3)11-15-14-9-10-19-12-16(14)20-17(15)13-7-5-4-6-8-13/h4-10,12,20,22H,11H2,1-3H3. The Bertz CT molecular complexity index is 765. The van der Waals surface area contributed by atoms with Gasteiger partial charge in [0.15, 0.2) is 0 Å². The van der Waals surface area contributed by atoms with E-state index in [1.165, 1.54) is 22.2 Å². The predicted octanol–water partition coefficient (Wildman–Crippen LogP) is 4.79. The highest BCUT2D eigenvalue weighted by molar-refractivity contribution is 7.31. The fourth-order valence-corrected chi connectivity index (χ4v) is 3.50. The van der Waals surface area contributed by atoms with Gasteiger partial charge in [-0.15, -0.1) is 0 Å². The van der Waals surface area contributed by atoms with Crippen LogP contribution in [-0.2, 0) is 10.9 Å². The highest BCUT2D eigenvalue weighted by Crippen LogP contribution is 2.34. The van der Waals surface area contributed by atoms with Gasteiger partial charge in [-0.05, 0) is 37.7 Å². The van der Waals surface area contributed by atoms with E-state index in [2.05, 4.69) is 60.8 Å². The third-order valence-electron chi connectivity index (χ3n) is 3.75. The highest BCUT2D eigenvalue weighted by Gasteiger charge is 2.23. The molecule has 1 N–H and O–H groups in total. The van der Waals surface area contributed by atoms with Gasteiger partial charge in [-0.1, -0.05) is 30.3 Å². The van der Waals surface area contributed by atoms with E-state index in [0.717, 1.165) is 11.9 Å². The maximum absolute atomic E-state index is 5.94. The van der Waals surface area contributed by atoms with Gasteiger partial charge in [0.1, 0.15) is 0 Å². The minimum absolute atomic E-state index is 0.185. The molecule has 0 aliphatic heterocycles. The van der Waals surface area contributed by atoms with Gasteiger partial charge in [-0.25, -0.2) is 0 Å². The quantitative estimate of drug-likeness (QED) is 0.688. The molecule has 0 saturated heterocycles. The number of hydrogen-bond donors (Lipinski definition) is 1. The van der Waals surface area contributed by atoms with Gasteiger partial charge in [0.25, 0.3) is 0 Å². The van der Waals surface area contributed by atoms with Gasteiger partial charge in [-0.3, -0.25) is 4.98 Å². The van der Waals surface area contributed by atoms with Crippen molar-refractivity contribution < 1.29 is 4.52 Å². The van der Waals surface area contributed by atoms with Crippen molar-refractivity contribution >= 4 is 19.7 Å². The first-order chi connectivity index (χ1) is 10.6. The summed E-state index contributed by atoms with van der Waals surface area (Å²) in [4.78, 5) is 7.76. The molecular formula is C18H21N2OP. The van der Waals surface area contributed by atoms with Crippen molar-refractivity contribution in [3.05, 3.63) is 54.4 Å². The monoisotopic (exact) mass is 312 g/mol. The Labute approximate surface area is 133 Å². The van der Waals surface area contributed by atoms with Gasteiger partial charge >= 0.3 is 0 Å². The Morgan fingerprint density at radius 3 is 2.68 bits per heavy atom. The number of rotatable bonds is 5. The van der Waals surface area contributed by atoms with E-state index in [9.17, 15) is 0 Å². The number of benzene rings is 1. The Kier molecular flexibility index (Phi) is 4.28. The normalized spacial score (nSPS) is 12.5. The summed E-state index contributed by atoms with van der Waals surface area (Å²) in [7, 11) is 0.488. The summed E-state index contributed by atoms with van der Waals surface area (Å²) < 4.78 is 5.94. The molecule has 3 nitrogen and oxygen atoms in total. The number of nitrogens with one attached hydrogen (secondary N) is 1. The van der Waals surface area contributed by atoms with Gasteiger partial charge < -0.3 is 9.51 Å². The number of aromatic nitrogens is 2. The molecule has 3 rings (SSSR count). The van der Waals surface area contributed by atoms with Crippen LogP contribution in [0.4, 0.5) is 0 Å². The lowest BCUT2D eigenvalue weighted by molar-refractivity contribution is 0.135. The zero-order valence-corrected chi connectivity index (χ0v) is 14.2. The molecule has 114 valence electrons. The lowest BCUT2D eigenvalue weighted by Crippen LogP contribution is -2.24. The fraction of sp³-hybridized carbons (Fsp3) is 0.278. The minimum Gasteiger partial charge on any atom is -0.357 e. The average molecular weight is 312 g/mol. The van der Waals surface area contributed by atoms with Crippen LogP contribution in [0.2, 0.25) is 0 Å². The molecule has 0 aliphatic rings. The molecule has 1 atom stereocenters. The average Bonchev–Trinajstić information content (AvgIpc) is 2.86. The fourth-order valence-electron chi connectivity index (χ4n) is 2.87. The summed E-state index contributed by atoms with van der Waals surface area (Å²) in [5.74, 6) is 0. The molecule has 0 radical (unpaired) electrons. The van der Waals surface area contributed by atoms with Crippen molar-refractivity contribution in [2.75, 3.05) is 6.66 Å². The van der Waals surface area contributed by atoms with E-state index in [4.69, 9.17) is 4.52 Å². The zero-order valence-electron chi connectivity index (χ0n) is 13.2. The van der Waals surface area contributed by atoms with Crippen LogP contribution in [0.15, 0.2) is 48.8 Å². The van der Waals surface area contributed by atoms with Crippen molar-refractivity contribution in [2.45, 2.75) is 25.9 Å². The van der Waals surface area contributed by atoms with Crippen LogP contribution in [0.5, 0.6) is 0 Å². The lowest BCUT2D eigenvalue weighted by Gasteiger charge is -2.24. The first kappa shape index (κ1) is 15.2. The molecule has 1 aromatic carbocycles. The van der Waals surface area contributed by atoms with E-state index < -0.39 is 0 Å². The summed E-state index contributed by atoms with van der Waals surface area (Å²) >= 11 is 0. The van der Waals surface area contributed by atoms with Crippen molar-refractivity contribution in [3.63, 3.8) is 0 Å². The number of H-pyrrole nitrogens is 1. The second kappa shape index (κ2) is 6.20. The first-order valence-corrected chi connectivity index (χ1v) is 8.86. The third kappa shape index (κ3) is 3.06. The second-order valence-corrected chi connectivity index (χ2v) is 6.62. The largest absolute Gasteiger partial charge is 0.357 e. The second-order valence-electron chi connectivity index (χ2n) is 6.01. The molecule has 2 aromatic heterocycles. The van der Waals surface area contributed by atoms with Crippen LogP contribution in [0, 0.1) is 0 Å². The molecule has 0 fully saturated rings. The van der Waals surface area contributed by atoms with Gasteiger partial charge in [0, 0.05) is 32.5 Å². The van der Waals surface area contributed by atoms with Crippen molar-refractivity contribution in [1.82, 2.24) is 9.97 Å². The van der Waals surface area contributed by atoms with Gasteiger partial charge in [-0.2, -0.15) is 0 Å². The molecule has 2 heterocycles. The molecule has 0 spiro atoms. The van der Waals surface area contributed by atoms with E-state index in [-0.39, 0.29) is 5.60 Å². The van der Waals surface area contributed by atoms with Crippen molar-refractivity contribution in [2.24, 2.45) is 0 Å². The molecule has 0 bridgehead atoms. The maximum atomic E-state index is 5.94. The summed E-state index contributed by atoms with van der Waals surface area (Å²) in [5.41, 5.74) is 4.55. The smallest absolute Gasteiger partial charge is 0.0706 e. The number of nitrogens with zero attached hydrogens (tertiary/aromatic N) is 1. The van der Waals surface area contributed by atoms with Crippen LogP contribution >= 0.6 is 8.81 Å². The Morgan fingerprint density at radius 2 is 1.95 bits per heavy atom. The number of hydrogen-bond acceptors (Lipinski definition) is 2. The van der Waals surface area contributed by atoms with Gasteiger partial charge in [0.05, 0.1) is 17.3 Å². The lowest BCUT2D eigenvalue weighted by atomic mass is 9.94. The molecule has 0 saturated carbocycles. The Morgan fingerprint density at radius 1 is 1.18 bits per heavy atom. The Balaban J connectivity index is 2.14. The minimum atomic E-state index is -0.185. The highest BCUT2D eigenvalue weighted by atomic mass is 31.1. The van der Waals surface area contributed by atoms with Crippen LogP contribution in [0.25, 0.3) is 22.2 Å². The number of pyridine rings is 1. The SMILES string of the molecule is CPOC(C)(C)Cc1c(-c2ccccc2)[nH]c2cnccc12. The molecule has 4 heteroatoms. The van der Waals surface area contributed by atoms with E-state index in [1.807, 2.05) is 18.5 Å². The maximum Gasteiger partial charge on any atom is 0.0706 e. The van der Waals surface area contributed by atoms with E-state index in [0.29, 0.717) is 8.81 Å². The molecule has 0 aliphatic carbocycles. The summed E-state index contributed by atoms with van der Waals surface area (Å²) in [6.45, 7) is 6.37. The predicted molar refractivity (Wildman–Crippen MR) is 94.6 cm³/mol. The topological polar surface area (TPSA) is 37.9 Å². The summed E-state index contributed by atoms with van der Waals surface area (Å²) in [6, 6.07) is 12.5. The molecule has 22 heavy (non-hydrogen) atoms. The number of fused-ring (bicyclic) bond motifs is 1. The summed E-state index contributed by atoms with van der Waals surface area (Å²) in [5, 5.41) is 1.23. The van der Waals surface area contributed by atoms with E-state index in [1.54, 1.807) is 0 Å².